The van der Waals surface area contributed by atoms with Gasteiger partial charge in [0.05, 0.1) is 12.1 Å². The first-order valence-electron chi connectivity index (χ1n) is 6.64. The third kappa shape index (κ3) is 2.52. The average molecular weight is 249 g/mol. The van der Waals surface area contributed by atoms with Gasteiger partial charge in [-0.15, -0.1) is 0 Å². The zero-order valence-corrected chi connectivity index (χ0v) is 11.7. The summed E-state index contributed by atoms with van der Waals surface area (Å²) in [5.74, 6) is 0. The zero-order chi connectivity index (χ0) is 13.1. The molecule has 1 fully saturated rings. The van der Waals surface area contributed by atoms with Crippen LogP contribution in [0, 0.1) is 13.8 Å². The van der Waals surface area contributed by atoms with Gasteiger partial charge in [0.2, 0.25) is 0 Å². The molecule has 0 amide bonds. The van der Waals surface area contributed by atoms with E-state index in [1.165, 1.54) is 16.8 Å². The van der Waals surface area contributed by atoms with E-state index < -0.39 is 0 Å². The van der Waals surface area contributed by atoms with Crippen LogP contribution in [0.25, 0.3) is 0 Å². The highest BCUT2D eigenvalue weighted by Gasteiger charge is 2.42. The minimum atomic E-state index is 0.157. The monoisotopic (exact) mass is 249 g/mol. The molecular formula is C15H23NO2. The normalized spacial score (nSPS) is 26.8. The highest BCUT2D eigenvalue weighted by molar-refractivity contribution is 5.54. The fraction of sp³-hybridized carbons (Fsp3) is 0.600. The van der Waals surface area contributed by atoms with Crippen molar-refractivity contribution in [1.82, 2.24) is 0 Å². The lowest BCUT2D eigenvalue weighted by atomic mass is 9.84. The van der Waals surface area contributed by atoms with Crippen LogP contribution < -0.4 is 5.32 Å². The molecule has 0 saturated heterocycles. The molecular weight excluding hydrogens is 226 g/mol. The Balaban J connectivity index is 2.00. The van der Waals surface area contributed by atoms with Crippen molar-refractivity contribution in [3.8, 4) is 0 Å². The van der Waals surface area contributed by atoms with Gasteiger partial charge in [-0.2, -0.15) is 0 Å². The standard InChI is InChI=1S/C15H23NO2/c1-5-18-14-9-13(15(14)17-4)16-12-8-6-7-10(2)11(12)3/h6-8,13-16H,5,9H2,1-4H3. The Hall–Kier alpha value is -1.06. The predicted octanol–water partition coefficient (Wildman–Crippen LogP) is 2.91. The topological polar surface area (TPSA) is 30.5 Å². The average Bonchev–Trinajstić information content (AvgIpc) is 2.33. The Labute approximate surface area is 109 Å². The summed E-state index contributed by atoms with van der Waals surface area (Å²) in [6.45, 7) is 7.06. The largest absolute Gasteiger partial charge is 0.379 e. The molecule has 3 heteroatoms. The molecule has 0 heterocycles. The Bertz CT molecular complexity index is 405. The van der Waals surface area contributed by atoms with Gasteiger partial charge < -0.3 is 14.8 Å². The second kappa shape index (κ2) is 5.72. The summed E-state index contributed by atoms with van der Waals surface area (Å²) in [5.41, 5.74) is 3.83. The van der Waals surface area contributed by atoms with Gasteiger partial charge in [-0.1, -0.05) is 12.1 Å². The van der Waals surface area contributed by atoms with Crippen molar-refractivity contribution in [3.63, 3.8) is 0 Å². The second-order valence-electron chi connectivity index (χ2n) is 4.93. The van der Waals surface area contributed by atoms with Crippen LogP contribution in [0.2, 0.25) is 0 Å². The van der Waals surface area contributed by atoms with Crippen molar-refractivity contribution in [2.75, 3.05) is 19.0 Å². The summed E-state index contributed by atoms with van der Waals surface area (Å²) in [5, 5.41) is 3.57. The molecule has 1 saturated carbocycles. The van der Waals surface area contributed by atoms with Crippen LogP contribution >= 0.6 is 0 Å². The minimum Gasteiger partial charge on any atom is -0.379 e. The van der Waals surface area contributed by atoms with E-state index in [0.29, 0.717) is 6.04 Å². The summed E-state index contributed by atoms with van der Waals surface area (Å²) in [6, 6.07) is 6.71. The summed E-state index contributed by atoms with van der Waals surface area (Å²) in [6.07, 6.45) is 1.41. The number of anilines is 1. The van der Waals surface area contributed by atoms with Crippen molar-refractivity contribution < 1.29 is 9.47 Å². The quantitative estimate of drug-likeness (QED) is 0.870. The fourth-order valence-corrected chi connectivity index (χ4v) is 2.52. The van der Waals surface area contributed by atoms with Crippen molar-refractivity contribution in [1.29, 1.82) is 0 Å². The van der Waals surface area contributed by atoms with Crippen LogP contribution in [-0.4, -0.2) is 32.0 Å². The van der Waals surface area contributed by atoms with E-state index in [9.17, 15) is 0 Å². The maximum atomic E-state index is 5.64. The molecule has 3 nitrogen and oxygen atoms in total. The number of hydrogen-bond acceptors (Lipinski definition) is 3. The maximum absolute atomic E-state index is 5.64. The van der Waals surface area contributed by atoms with Gasteiger partial charge in [0.25, 0.3) is 0 Å². The molecule has 0 aromatic heterocycles. The first kappa shape index (κ1) is 13.4. The molecule has 0 bridgehead atoms. The molecule has 0 radical (unpaired) electrons. The van der Waals surface area contributed by atoms with E-state index in [1.807, 2.05) is 6.92 Å². The molecule has 1 aliphatic carbocycles. The van der Waals surface area contributed by atoms with E-state index in [4.69, 9.17) is 9.47 Å². The van der Waals surface area contributed by atoms with E-state index in [-0.39, 0.29) is 12.2 Å². The fourth-order valence-electron chi connectivity index (χ4n) is 2.52. The lowest BCUT2D eigenvalue weighted by Crippen LogP contribution is -2.56. The molecule has 18 heavy (non-hydrogen) atoms. The van der Waals surface area contributed by atoms with Crippen molar-refractivity contribution in [2.24, 2.45) is 0 Å². The van der Waals surface area contributed by atoms with Crippen molar-refractivity contribution in [2.45, 2.75) is 45.4 Å². The Morgan fingerprint density at radius 2 is 2.11 bits per heavy atom. The van der Waals surface area contributed by atoms with Crippen molar-refractivity contribution in [3.05, 3.63) is 29.3 Å². The molecule has 1 aromatic rings. The summed E-state index contributed by atoms with van der Waals surface area (Å²) < 4.78 is 11.2. The highest BCUT2D eigenvalue weighted by atomic mass is 16.5. The van der Waals surface area contributed by atoms with E-state index in [2.05, 4.69) is 37.4 Å². The lowest BCUT2D eigenvalue weighted by molar-refractivity contribution is -0.118. The molecule has 2 rings (SSSR count). The van der Waals surface area contributed by atoms with Gasteiger partial charge in [-0.3, -0.25) is 0 Å². The molecule has 0 spiro atoms. The Kier molecular flexibility index (Phi) is 4.25. The van der Waals surface area contributed by atoms with Gasteiger partial charge in [0, 0.05) is 19.4 Å². The molecule has 100 valence electrons. The van der Waals surface area contributed by atoms with Crippen molar-refractivity contribution >= 4 is 5.69 Å². The van der Waals surface area contributed by atoms with Crippen LogP contribution in [0.3, 0.4) is 0 Å². The number of nitrogens with one attached hydrogen (secondary N) is 1. The molecule has 1 aliphatic rings. The van der Waals surface area contributed by atoms with Gasteiger partial charge in [0.1, 0.15) is 6.10 Å². The van der Waals surface area contributed by atoms with E-state index in [0.717, 1.165) is 13.0 Å². The number of ether oxygens (including phenoxy) is 2. The third-order valence-electron chi connectivity index (χ3n) is 3.85. The van der Waals surface area contributed by atoms with Crippen LogP contribution in [0.4, 0.5) is 5.69 Å². The number of hydrogen-bond donors (Lipinski definition) is 1. The van der Waals surface area contributed by atoms with E-state index >= 15 is 0 Å². The summed E-state index contributed by atoms with van der Waals surface area (Å²) in [7, 11) is 1.76. The summed E-state index contributed by atoms with van der Waals surface area (Å²) in [4.78, 5) is 0. The lowest BCUT2D eigenvalue weighted by Gasteiger charge is -2.44. The highest BCUT2D eigenvalue weighted by Crippen LogP contribution is 2.31. The van der Waals surface area contributed by atoms with Crippen LogP contribution in [0.15, 0.2) is 18.2 Å². The predicted molar refractivity (Wildman–Crippen MR) is 74.2 cm³/mol. The molecule has 0 aliphatic heterocycles. The number of rotatable bonds is 5. The van der Waals surface area contributed by atoms with Crippen LogP contribution in [0.5, 0.6) is 0 Å². The molecule has 1 aromatic carbocycles. The Morgan fingerprint density at radius 3 is 2.78 bits per heavy atom. The van der Waals surface area contributed by atoms with E-state index in [1.54, 1.807) is 7.11 Å². The summed E-state index contributed by atoms with van der Waals surface area (Å²) >= 11 is 0. The van der Waals surface area contributed by atoms with Crippen LogP contribution in [-0.2, 0) is 9.47 Å². The first-order valence-corrected chi connectivity index (χ1v) is 6.64. The minimum absolute atomic E-state index is 0.157. The Morgan fingerprint density at radius 1 is 1.33 bits per heavy atom. The van der Waals surface area contributed by atoms with Gasteiger partial charge in [0.15, 0.2) is 0 Å². The smallest absolute Gasteiger partial charge is 0.103 e. The molecule has 3 atom stereocenters. The van der Waals surface area contributed by atoms with Gasteiger partial charge in [-0.25, -0.2) is 0 Å². The first-order chi connectivity index (χ1) is 8.67. The molecule has 1 N–H and O–H groups in total. The zero-order valence-electron chi connectivity index (χ0n) is 11.7. The maximum Gasteiger partial charge on any atom is 0.103 e. The number of methoxy groups -OCH3 is 1. The van der Waals surface area contributed by atoms with Gasteiger partial charge in [-0.05, 0) is 44.4 Å². The number of aryl methyl sites for hydroxylation is 1. The SMILES string of the molecule is CCOC1CC(Nc2cccc(C)c2C)C1OC. The molecule has 3 unspecified atom stereocenters. The second-order valence-corrected chi connectivity index (χ2v) is 4.93. The van der Waals surface area contributed by atoms with Gasteiger partial charge >= 0.3 is 0 Å². The third-order valence-corrected chi connectivity index (χ3v) is 3.85. The number of benzene rings is 1. The van der Waals surface area contributed by atoms with Crippen LogP contribution in [0.1, 0.15) is 24.5 Å².